The second-order valence-corrected chi connectivity index (χ2v) is 5.72. The van der Waals surface area contributed by atoms with Crippen LogP contribution in [-0.4, -0.2) is 17.7 Å². The van der Waals surface area contributed by atoms with Crippen LogP contribution in [0.2, 0.25) is 0 Å². The van der Waals surface area contributed by atoms with Crippen molar-refractivity contribution < 1.29 is 14.6 Å². The molecule has 0 bridgehead atoms. The molecule has 3 nitrogen and oxygen atoms in total. The van der Waals surface area contributed by atoms with Gasteiger partial charge in [0.1, 0.15) is 11.3 Å². The van der Waals surface area contributed by atoms with E-state index in [4.69, 9.17) is 4.74 Å². The fourth-order valence-electron chi connectivity index (χ4n) is 2.49. The molecule has 0 spiro atoms. The molecule has 0 saturated carbocycles. The molecule has 116 valence electrons. The van der Waals surface area contributed by atoms with Crippen LogP contribution in [0.5, 0.6) is 5.75 Å². The predicted octanol–water partition coefficient (Wildman–Crippen LogP) is 4.44. The molecule has 0 aliphatic carbocycles. The Morgan fingerprint density at radius 3 is 2.41 bits per heavy atom. The third kappa shape index (κ3) is 3.67. The summed E-state index contributed by atoms with van der Waals surface area (Å²) in [5, 5.41) is 9.49. The molecule has 0 heterocycles. The molecule has 2 aromatic rings. The Balaban J connectivity index is 2.24. The second kappa shape index (κ2) is 7.12. The maximum atomic E-state index is 11.6. The Bertz CT molecular complexity index is 645. The Kier molecular flexibility index (Phi) is 5.21. The minimum absolute atomic E-state index is 0.213. The van der Waals surface area contributed by atoms with Crippen molar-refractivity contribution in [3.63, 3.8) is 0 Å². The third-order valence-electron chi connectivity index (χ3n) is 3.71. The van der Waals surface area contributed by atoms with Gasteiger partial charge in [0.2, 0.25) is 0 Å². The van der Waals surface area contributed by atoms with Gasteiger partial charge in [-0.1, -0.05) is 56.3 Å². The van der Waals surface area contributed by atoms with Crippen LogP contribution in [0.15, 0.2) is 42.5 Å². The summed E-state index contributed by atoms with van der Waals surface area (Å²) >= 11 is 0. The van der Waals surface area contributed by atoms with Gasteiger partial charge in [-0.15, -0.1) is 0 Å². The number of carboxylic acid groups (broad SMARTS) is 1. The van der Waals surface area contributed by atoms with Crippen molar-refractivity contribution in [2.24, 2.45) is 0 Å². The highest BCUT2D eigenvalue weighted by Gasteiger charge is 2.20. The highest BCUT2D eigenvalue weighted by Crippen LogP contribution is 2.32. The summed E-state index contributed by atoms with van der Waals surface area (Å²) in [6.07, 6.45) is 0.755. The molecule has 0 radical (unpaired) electrons. The highest BCUT2D eigenvalue weighted by atomic mass is 16.5. The van der Waals surface area contributed by atoms with Gasteiger partial charge in [-0.3, -0.25) is 0 Å². The minimum Gasteiger partial charge on any atom is -0.492 e. The van der Waals surface area contributed by atoms with Crippen molar-refractivity contribution in [1.29, 1.82) is 0 Å². The molecule has 0 amide bonds. The number of carbonyl (C=O) groups is 1. The number of aryl methyl sites for hydroxylation is 1. The zero-order valence-electron chi connectivity index (χ0n) is 13.3. The molecular formula is C19H22O3. The number of benzene rings is 2. The first-order valence-electron chi connectivity index (χ1n) is 7.54. The van der Waals surface area contributed by atoms with Gasteiger partial charge in [0, 0.05) is 6.42 Å². The van der Waals surface area contributed by atoms with Crippen molar-refractivity contribution >= 4 is 5.97 Å². The van der Waals surface area contributed by atoms with E-state index in [1.807, 2.05) is 56.3 Å². The van der Waals surface area contributed by atoms with Crippen molar-refractivity contribution in [3.05, 3.63) is 64.7 Å². The highest BCUT2D eigenvalue weighted by molar-refractivity contribution is 5.93. The summed E-state index contributed by atoms with van der Waals surface area (Å²) < 4.78 is 5.89. The van der Waals surface area contributed by atoms with E-state index >= 15 is 0 Å². The lowest BCUT2D eigenvalue weighted by Crippen LogP contribution is -2.11. The van der Waals surface area contributed by atoms with Crippen molar-refractivity contribution in [3.8, 4) is 5.75 Å². The van der Waals surface area contributed by atoms with E-state index in [9.17, 15) is 9.90 Å². The first-order valence-corrected chi connectivity index (χ1v) is 7.54. The smallest absolute Gasteiger partial charge is 0.339 e. The number of hydrogen-bond acceptors (Lipinski definition) is 2. The van der Waals surface area contributed by atoms with Crippen LogP contribution in [0.3, 0.4) is 0 Å². The van der Waals surface area contributed by atoms with Gasteiger partial charge in [0.25, 0.3) is 0 Å². The molecule has 0 fully saturated rings. The molecule has 0 aliphatic rings. The van der Waals surface area contributed by atoms with Gasteiger partial charge in [0.05, 0.1) is 6.61 Å². The van der Waals surface area contributed by atoms with E-state index in [-0.39, 0.29) is 11.5 Å². The van der Waals surface area contributed by atoms with Gasteiger partial charge in [-0.05, 0) is 29.5 Å². The zero-order valence-corrected chi connectivity index (χ0v) is 13.3. The lowest BCUT2D eigenvalue weighted by Gasteiger charge is -2.18. The zero-order chi connectivity index (χ0) is 16.1. The minimum atomic E-state index is -0.935. The van der Waals surface area contributed by atoms with E-state index in [2.05, 4.69) is 0 Å². The molecule has 2 rings (SSSR count). The summed E-state index contributed by atoms with van der Waals surface area (Å²) in [5.41, 5.74) is 3.13. The summed E-state index contributed by atoms with van der Waals surface area (Å²) in [5.74, 6) is -0.210. The van der Waals surface area contributed by atoms with Crippen molar-refractivity contribution in [2.75, 3.05) is 6.61 Å². The molecule has 1 N–H and O–H groups in total. The Labute approximate surface area is 131 Å². The predicted molar refractivity (Wildman–Crippen MR) is 87.9 cm³/mol. The second-order valence-electron chi connectivity index (χ2n) is 5.72. The van der Waals surface area contributed by atoms with Crippen LogP contribution in [0.4, 0.5) is 0 Å². The van der Waals surface area contributed by atoms with Gasteiger partial charge < -0.3 is 9.84 Å². The Morgan fingerprint density at radius 2 is 1.82 bits per heavy atom. The quantitative estimate of drug-likeness (QED) is 0.857. The van der Waals surface area contributed by atoms with Crippen LogP contribution in [0.1, 0.15) is 46.8 Å². The SMILES string of the molecule is Cc1ccc(C(C)C)c(OCCc2ccccc2)c1C(=O)O. The normalized spacial score (nSPS) is 10.7. The van der Waals surface area contributed by atoms with E-state index in [1.165, 1.54) is 5.56 Å². The monoisotopic (exact) mass is 298 g/mol. The molecule has 0 saturated heterocycles. The van der Waals surface area contributed by atoms with Crippen LogP contribution in [0, 0.1) is 6.92 Å². The van der Waals surface area contributed by atoms with Crippen LogP contribution >= 0.6 is 0 Å². The number of ether oxygens (including phenoxy) is 1. The molecule has 0 atom stereocenters. The van der Waals surface area contributed by atoms with Crippen LogP contribution in [0.25, 0.3) is 0 Å². The maximum absolute atomic E-state index is 11.6. The Hall–Kier alpha value is -2.29. The molecule has 0 aliphatic heterocycles. The van der Waals surface area contributed by atoms with Crippen LogP contribution in [-0.2, 0) is 6.42 Å². The largest absolute Gasteiger partial charge is 0.492 e. The summed E-state index contributed by atoms with van der Waals surface area (Å²) in [7, 11) is 0. The third-order valence-corrected chi connectivity index (χ3v) is 3.71. The van der Waals surface area contributed by atoms with E-state index in [1.54, 1.807) is 6.92 Å². The lowest BCUT2D eigenvalue weighted by atomic mass is 9.96. The summed E-state index contributed by atoms with van der Waals surface area (Å²) in [6, 6.07) is 13.9. The molecule has 3 heteroatoms. The summed E-state index contributed by atoms with van der Waals surface area (Å²) in [4.78, 5) is 11.6. The van der Waals surface area contributed by atoms with E-state index in [0.717, 1.165) is 17.5 Å². The fourth-order valence-corrected chi connectivity index (χ4v) is 2.49. The van der Waals surface area contributed by atoms with E-state index < -0.39 is 5.97 Å². The standard InChI is InChI=1S/C19H22O3/c1-13(2)16-10-9-14(3)17(19(20)21)18(16)22-12-11-15-7-5-4-6-8-15/h4-10,13H,11-12H2,1-3H3,(H,20,21). The maximum Gasteiger partial charge on any atom is 0.339 e. The fraction of sp³-hybridized carbons (Fsp3) is 0.316. The average molecular weight is 298 g/mol. The first kappa shape index (κ1) is 16.1. The molecule has 0 aromatic heterocycles. The molecule has 0 unspecified atom stereocenters. The summed E-state index contributed by atoms with van der Waals surface area (Å²) in [6.45, 7) is 6.35. The average Bonchev–Trinajstić information content (AvgIpc) is 2.47. The molecule has 2 aromatic carbocycles. The number of carboxylic acids is 1. The van der Waals surface area contributed by atoms with Gasteiger partial charge in [0.15, 0.2) is 0 Å². The van der Waals surface area contributed by atoms with E-state index in [0.29, 0.717) is 12.4 Å². The number of aromatic carboxylic acids is 1. The number of hydrogen-bond donors (Lipinski definition) is 1. The molecule has 22 heavy (non-hydrogen) atoms. The molecular weight excluding hydrogens is 276 g/mol. The van der Waals surface area contributed by atoms with Crippen LogP contribution < -0.4 is 4.74 Å². The number of rotatable bonds is 6. The van der Waals surface area contributed by atoms with Crippen molar-refractivity contribution in [2.45, 2.75) is 33.1 Å². The topological polar surface area (TPSA) is 46.5 Å². The van der Waals surface area contributed by atoms with Gasteiger partial charge in [-0.25, -0.2) is 4.79 Å². The van der Waals surface area contributed by atoms with Gasteiger partial charge >= 0.3 is 5.97 Å². The van der Waals surface area contributed by atoms with Crippen molar-refractivity contribution in [1.82, 2.24) is 0 Å². The van der Waals surface area contributed by atoms with Gasteiger partial charge in [-0.2, -0.15) is 0 Å². The lowest BCUT2D eigenvalue weighted by molar-refractivity contribution is 0.0691. The Morgan fingerprint density at radius 1 is 1.14 bits per heavy atom. The first-order chi connectivity index (χ1) is 10.5.